The molecule has 0 aromatic rings. The van der Waals surface area contributed by atoms with Gasteiger partial charge in [-0.1, -0.05) is 13.8 Å². The molecule has 118 valence electrons. The first-order chi connectivity index (χ1) is 8.76. The zero-order valence-electron chi connectivity index (χ0n) is 13.1. The topological polar surface area (TPSA) is 52.8 Å². The van der Waals surface area contributed by atoms with Crippen molar-refractivity contribution < 1.29 is 4.79 Å². The Hall–Kier alpha value is -0.520. The van der Waals surface area contributed by atoms with E-state index in [1.807, 2.05) is 9.80 Å². The summed E-state index contributed by atoms with van der Waals surface area (Å²) in [6.45, 7) is 13.8. The van der Waals surface area contributed by atoms with Crippen LogP contribution in [0.5, 0.6) is 0 Å². The van der Waals surface area contributed by atoms with Gasteiger partial charge >= 0.3 is 6.03 Å². The van der Waals surface area contributed by atoms with E-state index in [9.17, 15) is 4.79 Å². The van der Waals surface area contributed by atoms with Gasteiger partial charge in [0.15, 0.2) is 0 Å². The second-order valence-electron chi connectivity index (χ2n) is 7.15. The average molecular weight is 305 g/mol. The summed E-state index contributed by atoms with van der Waals surface area (Å²) >= 11 is 0. The van der Waals surface area contributed by atoms with Crippen molar-refractivity contribution in [1.29, 1.82) is 0 Å². The van der Waals surface area contributed by atoms with Gasteiger partial charge in [0.2, 0.25) is 0 Å². The number of nitrogens with two attached hydrogens (primary N) is 1. The zero-order chi connectivity index (χ0) is 14.2. The van der Waals surface area contributed by atoms with Crippen molar-refractivity contribution in [2.24, 2.45) is 11.7 Å². The summed E-state index contributed by atoms with van der Waals surface area (Å²) in [4.78, 5) is 18.7. The molecule has 0 aromatic carbocycles. The molecule has 0 spiro atoms. The predicted octanol–water partition coefficient (Wildman–Crippen LogP) is 1.22. The van der Waals surface area contributed by atoms with Gasteiger partial charge < -0.3 is 15.5 Å². The van der Waals surface area contributed by atoms with Crippen molar-refractivity contribution in [3.8, 4) is 0 Å². The molecule has 2 fully saturated rings. The number of hydrogen-bond donors (Lipinski definition) is 1. The standard InChI is InChI=1S/C14H28N4O.ClH/c1-11(2)7-17-9-12-8-16(10-14(3,4)15)5-6-18(12)13(17)19;/h11-12H,5-10,15H2,1-4H3;1H. The summed E-state index contributed by atoms with van der Waals surface area (Å²) in [7, 11) is 0. The Labute approximate surface area is 128 Å². The number of nitrogens with zero attached hydrogens (tertiary/aromatic N) is 3. The Balaban J connectivity index is 0.00000200. The predicted molar refractivity (Wildman–Crippen MR) is 84.3 cm³/mol. The van der Waals surface area contributed by atoms with E-state index in [1.165, 1.54) is 0 Å². The number of fused-ring (bicyclic) bond motifs is 1. The van der Waals surface area contributed by atoms with Crippen molar-refractivity contribution in [1.82, 2.24) is 14.7 Å². The number of urea groups is 1. The van der Waals surface area contributed by atoms with Gasteiger partial charge in [0, 0.05) is 44.8 Å². The van der Waals surface area contributed by atoms with Crippen molar-refractivity contribution >= 4 is 18.4 Å². The highest BCUT2D eigenvalue weighted by Crippen LogP contribution is 2.22. The molecule has 2 aliphatic rings. The number of carbonyl (C=O) groups is 1. The smallest absolute Gasteiger partial charge is 0.320 e. The summed E-state index contributed by atoms with van der Waals surface area (Å²) in [5.41, 5.74) is 5.93. The minimum Gasteiger partial charge on any atom is -0.324 e. The molecular formula is C14H29ClN4O. The lowest BCUT2D eigenvalue weighted by atomic mass is 10.1. The van der Waals surface area contributed by atoms with E-state index in [0.717, 1.165) is 39.3 Å². The minimum atomic E-state index is -0.164. The van der Waals surface area contributed by atoms with E-state index in [2.05, 4.69) is 32.6 Å². The van der Waals surface area contributed by atoms with Crippen LogP contribution < -0.4 is 5.73 Å². The molecule has 2 heterocycles. The molecule has 1 unspecified atom stereocenters. The van der Waals surface area contributed by atoms with Gasteiger partial charge in [-0.2, -0.15) is 0 Å². The fraction of sp³-hybridized carbons (Fsp3) is 0.929. The molecular weight excluding hydrogens is 276 g/mol. The summed E-state index contributed by atoms with van der Waals surface area (Å²) in [5.74, 6) is 0.532. The monoisotopic (exact) mass is 304 g/mol. The fourth-order valence-electron chi connectivity index (χ4n) is 3.16. The molecule has 0 aliphatic carbocycles. The van der Waals surface area contributed by atoms with Gasteiger partial charge in [0.1, 0.15) is 0 Å². The highest BCUT2D eigenvalue weighted by molar-refractivity contribution is 5.85. The van der Waals surface area contributed by atoms with Crippen LogP contribution in [-0.2, 0) is 0 Å². The molecule has 2 amide bonds. The Bertz CT molecular complexity index is 343. The molecule has 20 heavy (non-hydrogen) atoms. The lowest BCUT2D eigenvalue weighted by Gasteiger charge is -2.39. The van der Waals surface area contributed by atoms with Crippen molar-refractivity contribution in [2.45, 2.75) is 39.3 Å². The van der Waals surface area contributed by atoms with Crippen LogP contribution in [-0.4, -0.2) is 71.6 Å². The molecule has 2 rings (SSSR count). The molecule has 5 nitrogen and oxygen atoms in total. The lowest BCUT2D eigenvalue weighted by molar-refractivity contribution is 0.107. The Morgan fingerprint density at radius 2 is 1.95 bits per heavy atom. The number of halogens is 1. The lowest BCUT2D eigenvalue weighted by Crippen LogP contribution is -2.56. The fourth-order valence-corrected chi connectivity index (χ4v) is 3.16. The van der Waals surface area contributed by atoms with E-state index in [4.69, 9.17) is 5.73 Å². The van der Waals surface area contributed by atoms with Gasteiger partial charge in [-0.05, 0) is 19.8 Å². The molecule has 2 N–H and O–H groups in total. The summed E-state index contributed by atoms with van der Waals surface area (Å²) in [6.07, 6.45) is 0. The van der Waals surface area contributed by atoms with E-state index in [0.29, 0.717) is 12.0 Å². The third-order valence-corrected chi connectivity index (χ3v) is 3.73. The number of carbonyl (C=O) groups excluding carboxylic acids is 1. The molecule has 0 bridgehead atoms. The number of hydrogen-bond acceptors (Lipinski definition) is 3. The summed E-state index contributed by atoms with van der Waals surface area (Å²) in [5, 5.41) is 0. The second-order valence-corrected chi connectivity index (χ2v) is 7.15. The van der Waals surface area contributed by atoms with E-state index >= 15 is 0 Å². The maximum atomic E-state index is 12.3. The Morgan fingerprint density at radius 1 is 1.30 bits per heavy atom. The van der Waals surface area contributed by atoms with E-state index in [1.54, 1.807) is 0 Å². The third-order valence-electron chi connectivity index (χ3n) is 3.73. The Kier molecular flexibility index (Phi) is 5.70. The van der Waals surface area contributed by atoms with Crippen LogP contribution in [0.1, 0.15) is 27.7 Å². The maximum absolute atomic E-state index is 12.3. The molecule has 0 aromatic heterocycles. The summed E-state index contributed by atoms with van der Waals surface area (Å²) < 4.78 is 0. The van der Waals surface area contributed by atoms with Crippen LogP contribution in [0.3, 0.4) is 0 Å². The first kappa shape index (κ1) is 17.5. The maximum Gasteiger partial charge on any atom is 0.320 e. The average Bonchev–Trinajstić information content (AvgIpc) is 2.52. The molecule has 2 aliphatic heterocycles. The normalized spacial score (nSPS) is 24.1. The molecule has 0 saturated carbocycles. The van der Waals surface area contributed by atoms with Gasteiger partial charge in [0.05, 0.1) is 6.04 Å². The third kappa shape index (κ3) is 4.24. The van der Waals surface area contributed by atoms with E-state index < -0.39 is 0 Å². The number of piperazine rings is 1. The van der Waals surface area contributed by atoms with Gasteiger partial charge in [-0.15, -0.1) is 12.4 Å². The zero-order valence-corrected chi connectivity index (χ0v) is 13.9. The van der Waals surface area contributed by atoms with Crippen LogP contribution in [0.2, 0.25) is 0 Å². The molecule has 6 heteroatoms. The first-order valence-electron chi connectivity index (χ1n) is 7.33. The van der Waals surface area contributed by atoms with Crippen LogP contribution in [0.25, 0.3) is 0 Å². The highest BCUT2D eigenvalue weighted by atomic mass is 35.5. The van der Waals surface area contributed by atoms with Crippen LogP contribution in [0.15, 0.2) is 0 Å². The molecule has 1 atom stereocenters. The van der Waals surface area contributed by atoms with Crippen molar-refractivity contribution in [3.63, 3.8) is 0 Å². The van der Waals surface area contributed by atoms with Gasteiger partial charge in [-0.25, -0.2) is 4.79 Å². The van der Waals surface area contributed by atoms with Crippen LogP contribution in [0, 0.1) is 5.92 Å². The van der Waals surface area contributed by atoms with Crippen LogP contribution >= 0.6 is 12.4 Å². The largest absolute Gasteiger partial charge is 0.324 e. The first-order valence-corrected chi connectivity index (χ1v) is 7.33. The van der Waals surface area contributed by atoms with E-state index in [-0.39, 0.29) is 24.0 Å². The van der Waals surface area contributed by atoms with Gasteiger partial charge in [0.25, 0.3) is 0 Å². The molecule has 0 radical (unpaired) electrons. The quantitative estimate of drug-likeness (QED) is 0.850. The SMILES string of the molecule is CC(C)CN1CC2CN(CC(C)(C)N)CCN2C1=O.Cl. The highest BCUT2D eigenvalue weighted by Gasteiger charge is 2.40. The minimum absolute atomic E-state index is 0. The van der Waals surface area contributed by atoms with Crippen LogP contribution in [0.4, 0.5) is 4.79 Å². The second kappa shape index (κ2) is 6.50. The number of amides is 2. The summed E-state index contributed by atoms with van der Waals surface area (Å²) in [6, 6.07) is 0.577. The molecule has 2 saturated heterocycles. The van der Waals surface area contributed by atoms with Gasteiger partial charge in [-0.3, -0.25) is 4.90 Å². The van der Waals surface area contributed by atoms with Crippen molar-refractivity contribution in [3.05, 3.63) is 0 Å². The number of rotatable bonds is 4. The van der Waals surface area contributed by atoms with Crippen molar-refractivity contribution in [2.75, 3.05) is 39.3 Å². The Morgan fingerprint density at radius 3 is 2.50 bits per heavy atom.